The Kier molecular flexibility index (Phi) is 4.57. The van der Waals surface area contributed by atoms with Crippen molar-refractivity contribution in [3.05, 3.63) is 28.2 Å². The molecular formula is C13H17BrO3. The van der Waals surface area contributed by atoms with Gasteiger partial charge in [-0.2, -0.15) is 0 Å². The molecule has 3 nitrogen and oxygen atoms in total. The van der Waals surface area contributed by atoms with Crippen molar-refractivity contribution >= 4 is 21.9 Å². The number of ether oxygens (including phenoxy) is 2. The monoisotopic (exact) mass is 300 g/mol. The highest BCUT2D eigenvalue weighted by molar-refractivity contribution is 9.10. The minimum absolute atomic E-state index is 0.356. The summed E-state index contributed by atoms with van der Waals surface area (Å²) in [5, 5.41) is 0. The Bertz CT molecular complexity index is 408. The van der Waals surface area contributed by atoms with Crippen LogP contribution in [0.3, 0.4) is 0 Å². The SMILES string of the molecule is CCOc1ccc(Br)c(C(=O)OC(C)(C)C)c1. The molecule has 0 spiro atoms. The number of esters is 1. The predicted octanol–water partition coefficient (Wildman–Crippen LogP) is 3.80. The first kappa shape index (κ1) is 14.0. The Morgan fingerprint density at radius 1 is 1.35 bits per heavy atom. The largest absolute Gasteiger partial charge is 0.494 e. The number of carbonyl (C=O) groups excluding carboxylic acids is 1. The maximum absolute atomic E-state index is 11.9. The van der Waals surface area contributed by atoms with E-state index < -0.39 is 5.60 Å². The number of rotatable bonds is 3. The molecule has 0 fully saturated rings. The smallest absolute Gasteiger partial charge is 0.339 e. The topological polar surface area (TPSA) is 35.5 Å². The second-order valence-electron chi connectivity index (χ2n) is 4.58. The van der Waals surface area contributed by atoms with Gasteiger partial charge in [0.05, 0.1) is 12.2 Å². The van der Waals surface area contributed by atoms with Gasteiger partial charge in [-0.3, -0.25) is 0 Å². The van der Waals surface area contributed by atoms with Gasteiger partial charge >= 0.3 is 5.97 Å². The summed E-state index contributed by atoms with van der Waals surface area (Å²) in [6, 6.07) is 5.27. The van der Waals surface area contributed by atoms with Crippen molar-refractivity contribution in [1.29, 1.82) is 0 Å². The molecule has 0 aliphatic rings. The van der Waals surface area contributed by atoms with Crippen LogP contribution in [0.25, 0.3) is 0 Å². The standard InChI is InChI=1S/C13H17BrO3/c1-5-16-9-6-7-11(14)10(8-9)12(15)17-13(2,3)4/h6-8H,5H2,1-4H3. The summed E-state index contributed by atoms with van der Waals surface area (Å²) in [5.41, 5.74) is -0.0242. The molecule has 0 heterocycles. The number of halogens is 1. The molecule has 0 aliphatic carbocycles. The Morgan fingerprint density at radius 3 is 2.53 bits per heavy atom. The maximum Gasteiger partial charge on any atom is 0.339 e. The minimum Gasteiger partial charge on any atom is -0.494 e. The fraction of sp³-hybridized carbons (Fsp3) is 0.462. The number of hydrogen-bond acceptors (Lipinski definition) is 3. The van der Waals surface area contributed by atoms with Gasteiger partial charge in [0.15, 0.2) is 0 Å². The molecule has 0 bridgehead atoms. The fourth-order valence-corrected chi connectivity index (χ4v) is 1.66. The van der Waals surface area contributed by atoms with Crippen molar-refractivity contribution in [1.82, 2.24) is 0 Å². The van der Waals surface area contributed by atoms with Crippen molar-refractivity contribution in [3.63, 3.8) is 0 Å². The second kappa shape index (κ2) is 5.54. The van der Waals surface area contributed by atoms with E-state index in [2.05, 4.69) is 15.9 Å². The lowest BCUT2D eigenvalue weighted by molar-refractivity contribution is 0.00680. The van der Waals surface area contributed by atoms with Crippen molar-refractivity contribution in [2.24, 2.45) is 0 Å². The average Bonchev–Trinajstić information content (AvgIpc) is 2.18. The number of hydrogen-bond donors (Lipinski definition) is 0. The van der Waals surface area contributed by atoms with Gasteiger partial charge in [-0.05, 0) is 61.8 Å². The van der Waals surface area contributed by atoms with Gasteiger partial charge in [0.2, 0.25) is 0 Å². The highest BCUT2D eigenvalue weighted by Gasteiger charge is 2.20. The fourth-order valence-electron chi connectivity index (χ4n) is 1.25. The number of benzene rings is 1. The molecule has 4 heteroatoms. The highest BCUT2D eigenvalue weighted by atomic mass is 79.9. The van der Waals surface area contributed by atoms with E-state index in [9.17, 15) is 4.79 Å². The van der Waals surface area contributed by atoms with Gasteiger partial charge in [-0.15, -0.1) is 0 Å². The molecule has 0 N–H and O–H groups in total. The molecule has 0 saturated heterocycles. The van der Waals surface area contributed by atoms with E-state index in [1.165, 1.54) is 0 Å². The van der Waals surface area contributed by atoms with Crippen LogP contribution in [0.5, 0.6) is 5.75 Å². The van der Waals surface area contributed by atoms with E-state index >= 15 is 0 Å². The van der Waals surface area contributed by atoms with Gasteiger partial charge < -0.3 is 9.47 Å². The van der Waals surface area contributed by atoms with Crippen molar-refractivity contribution in [2.75, 3.05) is 6.61 Å². The summed E-state index contributed by atoms with van der Waals surface area (Å²) in [4.78, 5) is 11.9. The Labute approximate surface area is 110 Å². The molecule has 0 aliphatic heterocycles. The van der Waals surface area contributed by atoms with Crippen molar-refractivity contribution in [3.8, 4) is 5.75 Å². The second-order valence-corrected chi connectivity index (χ2v) is 5.43. The molecule has 1 aromatic rings. The third kappa shape index (κ3) is 4.38. The molecule has 0 atom stereocenters. The predicted molar refractivity (Wildman–Crippen MR) is 70.5 cm³/mol. The van der Waals surface area contributed by atoms with Crippen LogP contribution in [0.15, 0.2) is 22.7 Å². The van der Waals surface area contributed by atoms with Gasteiger partial charge in [0.1, 0.15) is 11.4 Å². The first-order valence-corrected chi connectivity index (χ1v) is 6.28. The van der Waals surface area contributed by atoms with Gasteiger partial charge in [-0.1, -0.05) is 0 Å². The average molecular weight is 301 g/mol. The van der Waals surface area contributed by atoms with Crippen LogP contribution < -0.4 is 4.74 Å². The van der Waals surface area contributed by atoms with Crippen LogP contribution in [0.2, 0.25) is 0 Å². The third-order valence-electron chi connectivity index (χ3n) is 1.87. The van der Waals surface area contributed by atoms with E-state index in [1.807, 2.05) is 27.7 Å². The maximum atomic E-state index is 11.9. The summed E-state index contributed by atoms with van der Waals surface area (Å²) >= 11 is 3.33. The van der Waals surface area contributed by atoms with Crippen LogP contribution in [-0.4, -0.2) is 18.2 Å². The Morgan fingerprint density at radius 2 is 2.00 bits per heavy atom. The van der Waals surface area contributed by atoms with Crippen LogP contribution in [0, 0.1) is 0 Å². The van der Waals surface area contributed by atoms with Crippen LogP contribution in [0.1, 0.15) is 38.1 Å². The zero-order valence-corrected chi connectivity index (χ0v) is 12.1. The highest BCUT2D eigenvalue weighted by Crippen LogP contribution is 2.25. The summed E-state index contributed by atoms with van der Waals surface area (Å²) < 4.78 is 11.4. The summed E-state index contributed by atoms with van der Waals surface area (Å²) in [7, 11) is 0. The van der Waals surface area contributed by atoms with Crippen molar-refractivity contribution in [2.45, 2.75) is 33.3 Å². The Hall–Kier alpha value is -1.03. The lowest BCUT2D eigenvalue weighted by Gasteiger charge is -2.20. The van der Waals surface area contributed by atoms with Crippen LogP contribution >= 0.6 is 15.9 Å². The molecule has 1 aromatic carbocycles. The normalized spacial score (nSPS) is 11.1. The van der Waals surface area contributed by atoms with E-state index in [-0.39, 0.29) is 5.97 Å². The van der Waals surface area contributed by atoms with E-state index in [1.54, 1.807) is 18.2 Å². The lowest BCUT2D eigenvalue weighted by atomic mass is 10.1. The third-order valence-corrected chi connectivity index (χ3v) is 2.56. The molecule has 0 saturated carbocycles. The van der Waals surface area contributed by atoms with E-state index in [0.29, 0.717) is 22.4 Å². The molecule has 0 aromatic heterocycles. The van der Waals surface area contributed by atoms with Gasteiger partial charge in [-0.25, -0.2) is 4.79 Å². The molecule has 0 radical (unpaired) electrons. The van der Waals surface area contributed by atoms with Crippen molar-refractivity contribution < 1.29 is 14.3 Å². The summed E-state index contributed by atoms with van der Waals surface area (Å²) in [6.07, 6.45) is 0. The molecule has 94 valence electrons. The summed E-state index contributed by atoms with van der Waals surface area (Å²) in [6.45, 7) is 7.98. The molecule has 0 unspecified atom stereocenters. The van der Waals surface area contributed by atoms with E-state index in [4.69, 9.17) is 9.47 Å². The Balaban J connectivity index is 2.95. The molecule has 17 heavy (non-hydrogen) atoms. The zero-order valence-electron chi connectivity index (χ0n) is 10.5. The van der Waals surface area contributed by atoms with Gasteiger partial charge in [0.25, 0.3) is 0 Å². The zero-order chi connectivity index (χ0) is 13.1. The number of carbonyl (C=O) groups is 1. The molecular weight excluding hydrogens is 284 g/mol. The first-order chi connectivity index (χ1) is 7.83. The minimum atomic E-state index is -0.502. The molecule has 1 rings (SSSR count). The lowest BCUT2D eigenvalue weighted by Crippen LogP contribution is -2.24. The van der Waals surface area contributed by atoms with E-state index in [0.717, 1.165) is 0 Å². The molecule has 0 amide bonds. The van der Waals surface area contributed by atoms with Crippen LogP contribution in [-0.2, 0) is 4.74 Å². The quantitative estimate of drug-likeness (QED) is 0.797. The summed E-state index contributed by atoms with van der Waals surface area (Å²) in [5.74, 6) is 0.308. The van der Waals surface area contributed by atoms with Gasteiger partial charge in [0, 0.05) is 4.47 Å². The van der Waals surface area contributed by atoms with Crippen LogP contribution in [0.4, 0.5) is 0 Å². The first-order valence-electron chi connectivity index (χ1n) is 5.49.